The summed E-state index contributed by atoms with van der Waals surface area (Å²) in [6, 6.07) is 29.6. The predicted molar refractivity (Wildman–Crippen MR) is 161 cm³/mol. The number of nitro benzene ring substituents is 1. The SMILES string of the molecule is Cc1cc([N+](=O)[O-])cc(C)c1-c1cnn(-c2[c-]c(Oc3[c-]c4c(cc3)c3ccccc3n4-c3cc(F)ccn3)ccc2)c1.[Pt+2]. The van der Waals surface area contributed by atoms with Crippen molar-refractivity contribution in [1.29, 1.82) is 0 Å². The van der Waals surface area contributed by atoms with Crippen molar-refractivity contribution in [3.05, 3.63) is 137 Å². The molecule has 0 aliphatic heterocycles. The summed E-state index contributed by atoms with van der Waals surface area (Å²) >= 11 is 0. The van der Waals surface area contributed by atoms with Gasteiger partial charge in [-0.1, -0.05) is 23.7 Å². The van der Waals surface area contributed by atoms with E-state index < -0.39 is 0 Å². The van der Waals surface area contributed by atoms with E-state index in [1.165, 1.54) is 18.3 Å². The van der Waals surface area contributed by atoms with Crippen LogP contribution in [0.5, 0.6) is 11.5 Å². The molecule has 4 aromatic carbocycles. The smallest absolute Gasteiger partial charge is 0.509 e. The molecule has 0 bridgehead atoms. The topological polar surface area (TPSA) is 88.0 Å². The zero-order valence-electron chi connectivity index (χ0n) is 23.4. The summed E-state index contributed by atoms with van der Waals surface area (Å²) in [7, 11) is 0. The summed E-state index contributed by atoms with van der Waals surface area (Å²) in [6.45, 7) is 3.70. The third-order valence-corrected chi connectivity index (χ3v) is 7.31. The predicted octanol–water partition coefficient (Wildman–Crippen LogP) is 8.09. The zero-order valence-corrected chi connectivity index (χ0v) is 25.7. The van der Waals surface area contributed by atoms with E-state index in [1.807, 2.05) is 73.1 Å². The summed E-state index contributed by atoms with van der Waals surface area (Å²) in [5.74, 6) is 0.982. The molecule has 0 amide bonds. The molecule has 0 radical (unpaired) electrons. The molecule has 0 aliphatic carbocycles. The van der Waals surface area contributed by atoms with Gasteiger partial charge in [-0.25, -0.2) is 9.37 Å². The molecule has 3 heterocycles. The first-order chi connectivity index (χ1) is 20.9. The number of nitro groups is 1. The molecule has 44 heavy (non-hydrogen) atoms. The number of para-hydroxylation sites is 1. The maximum absolute atomic E-state index is 14.2. The normalized spacial score (nSPS) is 11.1. The van der Waals surface area contributed by atoms with Crippen LogP contribution in [0.15, 0.2) is 97.5 Å². The van der Waals surface area contributed by atoms with Crippen LogP contribution >= 0.6 is 0 Å². The van der Waals surface area contributed by atoms with Gasteiger partial charge in [0.25, 0.3) is 5.69 Å². The molecule has 0 N–H and O–H groups in total. The number of benzene rings is 4. The fraction of sp³-hybridized carbons (Fsp3) is 0.0588. The number of rotatable bonds is 6. The fourth-order valence-corrected chi connectivity index (χ4v) is 5.52. The molecule has 0 unspecified atom stereocenters. The van der Waals surface area contributed by atoms with Gasteiger partial charge in [-0.15, -0.1) is 35.7 Å². The Morgan fingerprint density at radius 1 is 0.909 bits per heavy atom. The molecule has 0 atom stereocenters. The number of fused-ring (bicyclic) bond motifs is 3. The van der Waals surface area contributed by atoms with E-state index in [0.29, 0.717) is 28.5 Å². The number of nitrogens with zero attached hydrogens (tertiary/aromatic N) is 5. The monoisotopic (exact) mass is 762 g/mol. The molecule has 7 rings (SSSR count). The minimum absolute atomic E-state index is 0. The van der Waals surface area contributed by atoms with Crippen LogP contribution in [0.3, 0.4) is 0 Å². The summed E-state index contributed by atoms with van der Waals surface area (Å²) in [4.78, 5) is 15.3. The number of aryl methyl sites for hydroxylation is 2. The van der Waals surface area contributed by atoms with Gasteiger partial charge in [0.15, 0.2) is 0 Å². The van der Waals surface area contributed by atoms with Crippen LogP contribution in [0.25, 0.3) is 44.4 Å². The van der Waals surface area contributed by atoms with E-state index in [4.69, 9.17) is 4.74 Å². The summed E-state index contributed by atoms with van der Waals surface area (Å²) < 4.78 is 23.9. The van der Waals surface area contributed by atoms with E-state index in [1.54, 1.807) is 29.1 Å². The number of hydrogen-bond acceptors (Lipinski definition) is 5. The largest absolute Gasteiger partial charge is 2.00 e. The fourth-order valence-electron chi connectivity index (χ4n) is 5.52. The molecule has 7 aromatic rings. The molecule has 0 spiro atoms. The van der Waals surface area contributed by atoms with Crippen molar-refractivity contribution in [3.63, 3.8) is 0 Å². The molecule has 218 valence electrons. The van der Waals surface area contributed by atoms with Crippen LogP contribution in [0, 0.1) is 41.9 Å². The van der Waals surface area contributed by atoms with Gasteiger partial charge in [0.2, 0.25) is 0 Å². The van der Waals surface area contributed by atoms with Gasteiger partial charge < -0.3 is 9.30 Å². The second-order valence-electron chi connectivity index (χ2n) is 10.2. The van der Waals surface area contributed by atoms with Crippen LogP contribution in [0.2, 0.25) is 0 Å². The Balaban J connectivity index is 0.00000343. The van der Waals surface area contributed by atoms with Gasteiger partial charge >= 0.3 is 21.1 Å². The number of hydrogen-bond donors (Lipinski definition) is 0. The maximum atomic E-state index is 14.2. The van der Waals surface area contributed by atoms with Crippen LogP contribution in [-0.4, -0.2) is 24.3 Å². The van der Waals surface area contributed by atoms with Crippen molar-refractivity contribution in [2.24, 2.45) is 0 Å². The first-order valence-electron chi connectivity index (χ1n) is 13.4. The Bertz CT molecular complexity index is 2180. The van der Waals surface area contributed by atoms with Crippen molar-refractivity contribution in [2.45, 2.75) is 13.8 Å². The van der Waals surface area contributed by atoms with Crippen molar-refractivity contribution in [2.75, 3.05) is 0 Å². The average Bonchev–Trinajstić information content (AvgIpc) is 3.60. The molecular weight excluding hydrogens is 740 g/mol. The summed E-state index contributed by atoms with van der Waals surface area (Å²) in [5, 5.41) is 17.7. The molecule has 3 aromatic heterocycles. The van der Waals surface area contributed by atoms with Gasteiger partial charge in [0.05, 0.1) is 11.1 Å². The first kappa shape index (κ1) is 29.0. The van der Waals surface area contributed by atoms with E-state index in [9.17, 15) is 14.5 Å². The Kier molecular flexibility index (Phi) is 7.57. The van der Waals surface area contributed by atoms with E-state index in [0.717, 1.165) is 38.5 Å². The van der Waals surface area contributed by atoms with Gasteiger partial charge in [-0.05, 0) is 53.7 Å². The van der Waals surface area contributed by atoms with E-state index in [2.05, 4.69) is 22.2 Å². The second kappa shape index (κ2) is 11.5. The number of ether oxygens (including phenoxy) is 1. The third-order valence-electron chi connectivity index (χ3n) is 7.31. The number of non-ortho nitro benzene ring substituents is 1. The Morgan fingerprint density at radius 3 is 2.45 bits per heavy atom. The molecular formula is C34H22FN5O3Pt. The summed E-state index contributed by atoms with van der Waals surface area (Å²) in [5.41, 5.74) is 5.63. The average molecular weight is 763 g/mol. The Hall–Kier alpha value is -5.14. The molecule has 0 saturated heterocycles. The molecule has 0 fully saturated rings. The standard InChI is InChI=1S/C34H22FN5O3.Pt/c1-21-14-26(40(41)42)15-22(2)34(21)23-19-37-38(20-23)25-6-5-7-27(17-25)43-28-10-11-30-29-8-3-4-9-31(29)39(32(30)18-28)33-16-24(35)12-13-36-33;/h3-16,19-20H,1-2H3;/q-2;+2. The Labute approximate surface area is 265 Å². The summed E-state index contributed by atoms with van der Waals surface area (Å²) in [6.07, 6.45) is 5.03. The van der Waals surface area contributed by atoms with Crippen molar-refractivity contribution >= 4 is 27.5 Å². The van der Waals surface area contributed by atoms with Crippen LogP contribution in [0.4, 0.5) is 10.1 Å². The quantitative estimate of drug-likeness (QED) is 0.0972. The number of aromatic nitrogens is 4. The van der Waals surface area contributed by atoms with Crippen LogP contribution < -0.4 is 4.74 Å². The molecule has 0 saturated carbocycles. The zero-order chi connectivity index (χ0) is 29.7. The minimum atomic E-state index is -0.388. The number of halogens is 1. The van der Waals surface area contributed by atoms with Crippen molar-refractivity contribution in [3.8, 4) is 34.1 Å². The van der Waals surface area contributed by atoms with Crippen molar-refractivity contribution < 1.29 is 35.1 Å². The third kappa shape index (κ3) is 5.16. The Morgan fingerprint density at radius 2 is 1.68 bits per heavy atom. The van der Waals surface area contributed by atoms with Crippen LogP contribution in [-0.2, 0) is 21.1 Å². The van der Waals surface area contributed by atoms with Gasteiger partial charge in [-0.2, -0.15) is 17.2 Å². The first-order valence-corrected chi connectivity index (χ1v) is 13.4. The maximum Gasteiger partial charge on any atom is 2.00 e. The van der Waals surface area contributed by atoms with E-state index >= 15 is 0 Å². The van der Waals surface area contributed by atoms with Gasteiger partial charge in [-0.3, -0.25) is 14.8 Å². The molecule has 0 aliphatic rings. The second-order valence-corrected chi connectivity index (χ2v) is 10.2. The van der Waals surface area contributed by atoms with E-state index in [-0.39, 0.29) is 37.5 Å². The number of pyridine rings is 1. The minimum Gasteiger partial charge on any atom is -0.509 e. The molecule has 10 heteroatoms. The van der Waals surface area contributed by atoms with Crippen molar-refractivity contribution in [1.82, 2.24) is 19.3 Å². The van der Waals surface area contributed by atoms with Gasteiger partial charge in [0.1, 0.15) is 11.6 Å². The van der Waals surface area contributed by atoms with Gasteiger partial charge in [0, 0.05) is 53.2 Å². The van der Waals surface area contributed by atoms with Crippen LogP contribution in [0.1, 0.15) is 11.1 Å². The molecule has 8 nitrogen and oxygen atoms in total.